The number of anilines is 2. The average molecular weight is 735 g/mol. The third kappa shape index (κ3) is 13.0. The van der Waals surface area contributed by atoms with Gasteiger partial charge in [-0.3, -0.25) is 9.97 Å². The van der Waals surface area contributed by atoms with Crippen LogP contribution in [0.3, 0.4) is 0 Å². The van der Waals surface area contributed by atoms with Gasteiger partial charge >= 0.3 is 0 Å². The molecule has 0 saturated heterocycles. The van der Waals surface area contributed by atoms with E-state index in [0.29, 0.717) is 0 Å². The van der Waals surface area contributed by atoms with Crippen molar-refractivity contribution in [3.8, 4) is 47.4 Å². The molecule has 0 aliphatic heterocycles. The van der Waals surface area contributed by atoms with Gasteiger partial charge in [-0.1, -0.05) is 101 Å². The van der Waals surface area contributed by atoms with Crippen molar-refractivity contribution in [2.24, 2.45) is 0 Å². The molecular weight excluding hydrogens is 681 g/mol. The van der Waals surface area contributed by atoms with Crippen LogP contribution in [-0.2, 0) is 0 Å². The van der Waals surface area contributed by atoms with E-state index < -0.39 is 0 Å². The van der Waals surface area contributed by atoms with E-state index in [1.165, 1.54) is 62.7 Å². The Bertz CT molecular complexity index is 2030. The average Bonchev–Trinajstić information content (AvgIpc) is 3.25. The van der Waals surface area contributed by atoms with Crippen LogP contribution < -0.4 is 9.80 Å². The third-order valence-electron chi connectivity index (χ3n) is 9.44. The monoisotopic (exact) mass is 734 g/mol. The number of aromatic nitrogens is 2. The predicted octanol–water partition coefficient (Wildman–Crippen LogP) is 10.9. The normalized spacial score (nSPS) is 10.1. The maximum Gasteiger partial charge on any atom is 0.0432 e. The maximum absolute atomic E-state index is 4.26. The molecule has 282 valence electrons. The van der Waals surface area contributed by atoms with Gasteiger partial charge in [-0.15, -0.1) is 0 Å². The molecule has 0 spiro atoms. The van der Waals surface area contributed by atoms with Gasteiger partial charge in [-0.05, 0) is 111 Å². The van der Waals surface area contributed by atoms with Crippen LogP contribution >= 0.6 is 0 Å². The van der Waals surface area contributed by atoms with Crippen LogP contribution in [-0.4, -0.2) is 36.1 Å². The summed E-state index contributed by atoms with van der Waals surface area (Å²) in [4.78, 5) is 13.5. The number of pyridine rings is 2. The summed E-state index contributed by atoms with van der Waals surface area (Å²) in [6.07, 6.45) is 16.5. The molecule has 3 aromatic carbocycles. The minimum atomic E-state index is 0.789. The lowest BCUT2D eigenvalue weighted by atomic mass is 9.97. The molecule has 0 radical (unpaired) electrons. The molecule has 0 aliphatic rings. The molecule has 0 atom stereocenters. The van der Waals surface area contributed by atoms with Gasteiger partial charge in [0.25, 0.3) is 0 Å². The van der Waals surface area contributed by atoms with E-state index >= 15 is 0 Å². The van der Waals surface area contributed by atoms with Gasteiger partial charge in [0, 0.05) is 107 Å². The maximum atomic E-state index is 4.26. The molecule has 5 aromatic rings. The highest BCUT2D eigenvalue weighted by Gasteiger charge is 2.09. The summed E-state index contributed by atoms with van der Waals surface area (Å²) in [7, 11) is 0. The van der Waals surface area contributed by atoms with Crippen molar-refractivity contribution < 1.29 is 0 Å². The predicted molar refractivity (Wildman–Crippen MR) is 236 cm³/mol. The quantitative estimate of drug-likeness (QED) is 0.106. The summed E-state index contributed by atoms with van der Waals surface area (Å²) >= 11 is 0. The SMILES string of the molecule is CCCCN(CCCC)c1ccc(C#Cc2cc(C#Cc3cccnc3)c(C#Cc3ccc(N(CCCC)CCCC)cc3)cc2C#Cc2cccnc2)cc1. The van der Waals surface area contributed by atoms with E-state index in [9.17, 15) is 0 Å². The Morgan fingerprint density at radius 1 is 0.393 bits per heavy atom. The van der Waals surface area contributed by atoms with Gasteiger partial charge < -0.3 is 9.80 Å². The molecule has 2 aromatic heterocycles. The first-order chi connectivity index (χ1) is 27.6. The van der Waals surface area contributed by atoms with E-state index in [4.69, 9.17) is 0 Å². The lowest BCUT2D eigenvalue weighted by Crippen LogP contribution is -2.25. The highest BCUT2D eigenvalue weighted by molar-refractivity contribution is 5.65. The van der Waals surface area contributed by atoms with Gasteiger partial charge in [0.1, 0.15) is 0 Å². The molecule has 0 unspecified atom stereocenters. The fourth-order valence-electron chi connectivity index (χ4n) is 6.09. The van der Waals surface area contributed by atoms with Crippen LogP contribution in [0.1, 0.15) is 124 Å². The second-order valence-corrected chi connectivity index (χ2v) is 13.9. The Balaban J connectivity index is 1.55. The molecule has 0 fully saturated rings. The molecule has 0 bridgehead atoms. The summed E-state index contributed by atoms with van der Waals surface area (Å²) in [5, 5.41) is 0. The Morgan fingerprint density at radius 3 is 1.00 bits per heavy atom. The van der Waals surface area contributed by atoms with Crippen molar-refractivity contribution in [1.82, 2.24) is 9.97 Å². The number of unbranched alkanes of at least 4 members (excludes halogenated alkanes) is 4. The van der Waals surface area contributed by atoms with Crippen molar-refractivity contribution in [3.63, 3.8) is 0 Å². The summed E-state index contributed by atoms with van der Waals surface area (Å²) in [5.41, 5.74) is 9.22. The summed E-state index contributed by atoms with van der Waals surface area (Å²) < 4.78 is 0. The number of benzene rings is 3. The molecule has 0 aliphatic carbocycles. The molecule has 0 saturated carbocycles. The Kier molecular flexibility index (Phi) is 16.7. The van der Waals surface area contributed by atoms with E-state index in [1.54, 1.807) is 24.8 Å². The van der Waals surface area contributed by atoms with Crippen LogP contribution in [0.4, 0.5) is 11.4 Å². The van der Waals surface area contributed by atoms with Gasteiger partial charge in [0.15, 0.2) is 0 Å². The van der Waals surface area contributed by atoms with Crippen molar-refractivity contribution in [3.05, 3.63) is 154 Å². The van der Waals surface area contributed by atoms with E-state index in [0.717, 1.165) is 70.7 Å². The summed E-state index contributed by atoms with van der Waals surface area (Å²) in [6.45, 7) is 13.3. The zero-order valence-electron chi connectivity index (χ0n) is 33.7. The zero-order chi connectivity index (χ0) is 39.2. The van der Waals surface area contributed by atoms with Crippen LogP contribution in [0.2, 0.25) is 0 Å². The number of nitrogens with zero attached hydrogens (tertiary/aromatic N) is 4. The highest BCUT2D eigenvalue weighted by Crippen LogP contribution is 2.20. The molecule has 4 heteroatoms. The van der Waals surface area contributed by atoms with Crippen molar-refractivity contribution >= 4 is 11.4 Å². The van der Waals surface area contributed by atoms with E-state index in [1.807, 2.05) is 36.4 Å². The third-order valence-corrected chi connectivity index (χ3v) is 9.44. The van der Waals surface area contributed by atoms with Gasteiger partial charge in [-0.25, -0.2) is 0 Å². The van der Waals surface area contributed by atoms with Crippen LogP contribution in [0.25, 0.3) is 0 Å². The Labute approximate surface area is 336 Å². The first kappa shape index (κ1) is 41.0. The zero-order valence-corrected chi connectivity index (χ0v) is 33.7. The summed E-state index contributed by atoms with van der Waals surface area (Å²) in [6, 6.07) is 29.0. The molecule has 0 amide bonds. The minimum Gasteiger partial charge on any atom is -0.372 e. The molecular formula is C52H54N4. The molecule has 0 N–H and O–H groups in total. The minimum absolute atomic E-state index is 0.789. The highest BCUT2D eigenvalue weighted by atomic mass is 15.1. The largest absolute Gasteiger partial charge is 0.372 e. The number of hydrogen-bond donors (Lipinski definition) is 0. The molecule has 5 rings (SSSR count). The Hall–Kier alpha value is -6.20. The number of hydrogen-bond acceptors (Lipinski definition) is 4. The number of rotatable bonds is 14. The fourth-order valence-corrected chi connectivity index (χ4v) is 6.09. The lowest BCUT2D eigenvalue weighted by molar-refractivity contribution is 0.678. The van der Waals surface area contributed by atoms with E-state index in [2.05, 4.69) is 143 Å². The summed E-state index contributed by atoms with van der Waals surface area (Å²) in [5.74, 6) is 27.1. The van der Waals surface area contributed by atoms with Crippen LogP contribution in [0.5, 0.6) is 0 Å². The second-order valence-electron chi connectivity index (χ2n) is 13.9. The van der Waals surface area contributed by atoms with Gasteiger partial charge in [0.05, 0.1) is 0 Å². The fraction of sp³-hybridized carbons (Fsp3) is 0.308. The molecule has 2 heterocycles. The van der Waals surface area contributed by atoms with Gasteiger partial charge in [-0.2, -0.15) is 0 Å². The van der Waals surface area contributed by atoms with Crippen molar-refractivity contribution in [2.75, 3.05) is 36.0 Å². The Morgan fingerprint density at radius 2 is 0.714 bits per heavy atom. The first-order valence-electron chi connectivity index (χ1n) is 20.4. The topological polar surface area (TPSA) is 32.3 Å². The van der Waals surface area contributed by atoms with Crippen molar-refractivity contribution in [2.45, 2.75) is 79.1 Å². The van der Waals surface area contributed by atoms with E-state index in [-0.39, 0.29) is 0 Å². The lowest BCUT2D eigenvalue weighted by Gasteiger charge is -2.24. The first-order valence-corrected chi connectivity index (χ1v) is 20.4. The molecule has 56 heavy (non-hydrogen) atoms. The molecule has 4 nitrogen and oxygen atoms in total. The van der Waals surface area contributed by atoms with Crippen molar-refractivity contribution in [1.29, 1.82) is 0 Å². The smallest absolute Gasteiger partial charge is 0.0432 e. The van der Waals surface area contributed by atoms with Crippen LogP contribution in [0.15, 0.2) is 110 Å². The standard InChI is InChI=1S/C52H54N4/c1-5-9-35-55(36-10-6-2)51-29-21-43(22-30-51)17-25-47-39-50(28-20-46-16-14-34-54-42-46)48(40-49(47)27-19-45-15-13-33-53-41-45)26-18-44-23-31-52(32-24-44)56(37-11-7-3)38-12-8-4/h13-16,21-24,29-34,39-42H,5-12,35-38H2,1-4H3. The second kappa shape index (κ2) is 22.9. The van der Waals surface area contributed by atoms with Gasteiger partial charge in [0.2, 0.25) is 0 Å². The van der Waals surface area contributed by atoms with Crippen LogP contribution in [0, 0.1) is 47.4 Å².